The van der Waals surface area contributed by atoms with E-state index in [4.69, 9.17) is 4.74 Å². The van der Waals surface area contributed by atoms with Crippen molar-refractivity contribution in [2.45, 2.75) is 12.8 Å². The van der Waals surface area contributed by atoms with Crippen LogP contribution in [0.1, 0.15) is 12.8 Å². The molecule has 116 valence electrons. The summed E-state index contributed by atoms with van der Waals surface area (Å²) in [5.41, 5.74) is 1.22. The number of nitrogens with one attached hydrogen (secondary N) is 1. The molecule has 0 unspecified atom stereocenters. The van der Waals surface area contributed by atoms with Crippen LogP contribution >= 0.6 is 0 Å². The third-order valence-corrected chi connectivity index (χ3v) is 4.79. The Morgan fingerprint density at radius 3 is 2.33 bits per heavy atom. The van der Waals surface area contributed by atoms with Crippen LogP contribution in [0.25, 0.3) is 0 Å². The predicted octanol–water partition coefficient (Wildman–Crippen LogP) is 1.45. The van der Waals surface area contributed by atoms with Crippen molar-refractivity contribution in [3.8, 4) is 0 Å². The van der Waals surface area contributed by atoms with E-state index in [2.05, 4.69) is 5.32 Å². The zero-order valence-corrected chi connectivity index (χ0v) is 13.0. The normalized spacial score (nSPS) is 16.5. The molecule has 7 heteroatoms. The molecule has 1 aliphatic heterocycles. The first-order chi connectivity index (χ1) is 9.88. The average molecular weight is 312 g/mol. The van der Waals surface area contributed by atoms with Crippen molar-refractivity contribution in [3.05, 3.63) is 24.3 Å². The number of hydrogen-bond donors (Lipinski definition) is 1. The fourth-order valence-corrected chi connectivity index (χ4v) is 2.65. The number of rotatable bonds is 4. The number of amides is 1. The molecule has 1 aliphatic rings. The number of sulfonamides is 1. The third-order valence-electron chi connectivity index (χ3n) is 3.59. The highest BCUT2D eigenvalue weighted by molar-refractivity contribution is 7.92. The van der Waals surface area contributed by atoms with Gasteiger partial charge in [-0.1, -0.05) is 0 Å². The Hall–Kier alpha value is -1.60. The van der Waals surface area contributed by atoms with Crippen LogP contribution < -0.4 is 9.62 Å². The monoisotopic (exact) mass is 312 g/mol. The van der Waals surface area contributed by atoms with Crippen molar-refractivity contribution in [1.29, 1.82) is 0 Å². The van der Waals surface area contributed by atoms with Crippen molar-refractivity contribution in [3.63, 3.8) is 0 Å². The Labute approximate surface area is 125 Å². The van der Waals surface area contributed by atoms with Crippen molar-refractivity contribution >= 4 is 27.3 Å². The van der Waals surface area contributed by atoms with E-state index in [-0.39, 0.29) is 11.8 Å². The molecular weight excluding hydrogens is 292 g/mol. The average Bonchev–Trinajstić information content (AvgIpc) is 2.47. The van der Waals surface area contributed by atoms with Gasteiger partial charge in [0.25, 0.3) is 0 Å². The van der Waals surface area contributed by atoms with Gasteiger partial charge in [-0.3, -0.25) is 9.10 Å². The van der Waals surface area contributed by atoms with Gasteiger partial charge in [0.2, 0.25) is 15.9 Å². The lowest BCUT2D eigenvalue weighted by Gasteiger charge is -2.21. The van der Waals surface area contributed by atoms with Gasteiger partial charge in [-0.05, 0) is 37.1 Å². The predicted molar refractivity (Wildman–Crippen MR) is 81.9 cm³/mol. The van der Waals surface area contributed by atoms with Gasteiger partial charge in [0.1, 0.15) is 0 Å². The van der Waals surface area contributed by atoms with Gasteiger partial charge < -0.3 is 10.1 Å². The van der Waals surface area contributed by atoms with Crippen LogP contribution in [0.2, 0.25) is 0 Å². The second-order valence-corrected chi connectivity index (χ2v) is 7.17. The third kappa shape index (κ3) is 4.18. The van der Waals surface area contributed by atoms with Gasteiger partial charge in [-0.2, -0.15) is 0 Å². The molecular formula is C14H20N2O4S. The van der Waals surface area contributed by atoms with Gasteiger partial charge in [-0.25, -0.2) is 8.42 Å². The summed E-state index contributed by atoms with van der Waals surface area (Å²) in [7, 11) is -1.79. The summed E-state index contributed by atoms with van der Waals surface area (Å²) in [6.45, 7) is 1.24. The first-order valence-electron chi connectivity index (χ1n) is 6.80. The number of hydrogen-bond acceptors (Lipinski definition) is 4. The summed E-state index contributed by atoms with van der Waals surface area (Å²) >= 11 is 0. The number of ether oxygens (including phenoxy) is 1. The Kier molecular flexibility index (Phi) is 4.84. The van der Waals surface area contributed by atoms with E-state index in [1.54, 1.807) is 24.3 Å². The van der Waals surface area contributed by atoms with Crippen LogP contribution in [0.15, 0.2) is 24.3 Å². The molecule has 1 aromatic carbocycles. The standard InChI is InChI=1S/C14H20N2O4S/c1-16(21(2,18)19)13-5-3-12(4-6-13)15-14(17)11-7-9-20-10-8-11/h3-6,11H,7-10H2,1-2H3,(H,15,17). The summed E-state index contributed by atoms with van der Waals surface area (Å²) in [5, 5.41) is 2.85. The molecule has 1 heterocycles. The fourth-order valence-electron chi connectivity index (χ4n) is 2.15. The van der Waals surface area contributed by atoms with E-state index in [1.807, 2.05) is 0 Å². The highest BCUT2D eigenvalue weighted by Crippen LogP contribution is 2.21. The molecule has 1 amide bonds. The molecule has 1 N–H and O–H groups in total. The molecule has 1 fully saturated rings. The van der Waals surface area contributed by atoms with Gasteiger partial charge in [0.15, 0.2) is 0 Å². The summed E-state index contributed by atoms with van der Waals surface area (Å²) in [6, 6.07) is 6.74. The SMILES string of the molecule is CN(c1ccc(NC(=O)C2CCOCC2)cc1)S(C)(=O)=O. The number of carbonyl (C=O) groups is 1. The van der Waals surface area contributed by atoms with Crippen LogP contribution in [-0.4, -0.2) is 40.8 Å². The second kappa shape index (κ2) is 6.44. The van der Waals surface area contributed by atoms with Gasteiger partial charge in [0, 0.05) is 31.9 Å². The lowest BCUT2D eigenvalue weighted by Crippen LogP contribution is -2.28. The lowest BCUT2D eigenvalue weighted by atomic mass is 9.99. The maximum atomic E-state index is 12.1. The van der Waals surface area contributed by atoms with Crippen molar-refractivity contribution in [2.75, 3.05) is 36.1 Å². The summed E-state index contributed by atoms with van der Waals surface area (Å²) in [5.74, 6) is -0.0281. The molecule has 1 saturated heterocycles. The quantitative estimate of drug-likeness (QED) is 0.913. The van der Waals surface area contributed by atoms with Crippen LogP contribution in [-0.2, 0) is 19.6 Å². The van der Waals surface area contributed by atoms with Crippen LogP contribution in [0.5, 0.6) is 0 Å². The van der Waals surface area contributed by atoms with E-state index in [0.717, 1.165) is 19.1 Å². The van der Waals surface area contributed by atoms with Gasteiger partial charge in [0.05, 0.1) is 11.9 Å². The molecule has 0 bridgehead atoms. The Bertz CT molecular complexity index is 592. The first kappa shape index (κ1) is 15.8. The second-order valence-electron chi connectivity index (χ2n) is 5.15. The van der Waals surface area contributed by atoms with E-state index < -0.39 is 10.0 Å². The summed E-state index contributed by atoms with van der Waals surface area (Å²) in [6.07, 6.45) is 2.62. The summed E-state index contributed by atoms with van der Waals surface area (Å²) < 4.78 is 29.3. The molecule has 0 radical (unpaired) electrons. The first-order valence-corrected chi connectivity index (χ1v) is 8.65. The summed E-state index contributed by atoms with van der Waals surface area (Å²) in [4.78, 5) is 12.1. The minimum Gasteiger partial charge on any atom is -0.381 e. The largest absolute Gasteiger partial charge is 0.381 e. The molecule has 0 spiro atoms. The Balaban J connectivity index is 2.00. The maximum Gasteiger partial charge on any atom is 0.231 e. The van der Waals surface area contributed by atoms with Gasteiger partial charge in [-0.15, -0.1) is 0 Å². The molecule has 0 aliphatic carbocycles. The van der Waals surface area contributed by atoms with Crippen molar-refractivity contribution < 1.29 is 17.9 Å². The van der Waals surface area contributed by atoms with Gasteiger partial charge >= 0.3 is 0 Å². The molecule has 0 aromatic heterocycles. The zero-order valence-electron chi connectivity index (χ0n) is 12.2. The van der Waals surface area contributed by atoms with Crippen molar-refractivity contribution in [1.82, 2.24) is 0 Å². The molecule has 2 rings (SSSR count). The highest BCUT2D eigenvalue weighted by atomic mass is 32.2. The molecule has 0 saturated carbocycles. The van der Waals surface area contributed by atoms with Crippen molar-refractivity contribution in [2.24, 2.45) is 5.92 Å². The number of benzene rings is 1. The molecule has 0 atom stereocenters. The molecule has 6 nitrogen and oxygen atoms in total. The minimum absolute atomic E-state index is 0.0116. The van der Waals surface area contributed by atoms with E-state index in [9.17, 15) is 13.2 Å². The van der Waals surface area contributed by atoms with E-state index >= 15 is 0 Å². The van der Waals surface area contributed by atoms with Crippen LogP contribution in [0, 0.1) is 5.92 Å². The number of nitrogens with zero attached hydrogens (tertiary/aromatic N) is 1. The Morgan fingerprint density at radius 2 is 1.81 bits per heavy atom. The lowest BCUT2D eigenvalue weighted by molar-refractivity contribution is -0.122. The highest BCUT2D eigenvalue weighted by Gasteiger charge is 2.21. The molecule has 1 aromatic rings. The molecule has 21 heavy (non-hydrogen) atoms. The maximum absolute atomic E-state index is 12.1. The van der Waals surface area contributed by atoms with E-state index in [1.165, 1.54) is 11.4 Å². The zero-order chi connectivity index (χ0) is 15.5. The Morgan fingerprint density at radius 1 is 1.24 bits per heavy atom. The topological polar surface area (TPSA) is 75.7 Å². The fraction of sp³-hybridized carbons (Fsp3) is 0.500. The van der Waals surface area contributed by atoms with E-state index in [0.29, 0.717) is 24.6 Å². The minimum atomic E-state index is -3.28. The van der Waals surface area contributed by atoms with Crippen LogP contribution in [0.4, 0.5) is 11.4 Å². The smallest absolute Gasteiger partial charge is 0.231 e. The number of carbonyl (C=O) groups excluding carboxylic acids is 1. The van der Waals surface area contributed by atoms with Crippen LogP contribution in [0.3, 0.4) is 0 Å². The number of anilines is 2.